The fourth-order valence-corrected chi connectivity index (χ4v) is 4.82. The molecule has 3 fully saturated rings. The van der Waals surface area contributed by atoms with Crippen molar-refractivity contribution >= 4 is 11.8 Å². The highest BCUT2D eigenvalue weighted by Gasteiger charge is 2.65. The zero-order chi connectivity index (χ0) is 19.5. The quantitative estimate of drug-likeness (QED) is 0.789. The summed E-state index contributed by atoms with van der Waals surface area (Å²) < 4.78 is 7.84. The number of hydrogen-bond acceptors (Lipinski definition) is 4. The van der Waals surface area contributed by atoms with E-state index in [1.165, 1.54) is 4.57 Å². The topological polar surface area (TPSA) is 71.8 Å². The van der Waals surface area contributed by atoms with Gasteiger partial charge in [0.1, 0.15) is 11.7 Å². The number of pyridine rings is 1. The zero-order valence-corrected chi connectivity index (χ0v) is 15.6. The summed E-state index contributed by atoms with van der Waals surface area (Å²) in [6.45, 7) is 0.960. The molecular weight excluding hydrogens is 358 g/mol. The van der Waals surface area contributed by atoms with E-state index >= 15 is 0 Å². The Balaban J connectivity index is 1.47. The van der Waals surface area contributed by atoms with Crippen molar-refractivity contribution in [2.75, 3.05) is 13.1 Å². The van der Waals surface area contributed by atoms with Gasteiger partial charge in [0.25, 0.3) is 11.5 Å². The molecule has 144 valence electrons. The summed E-state index contributed by atoms with van der Waals surface area (Å²) >= 11 is 0. The molecule has 0 radical (unpaired) electrons. The number of benzene rings is 1. The Hall–Kier alpha value is -2.93. The number of ether oxygens (including phenoxy) is 1. The first-order valence-electron chi connectivity index (χ1n) is 9.51. The molecule has 0 bridgehead atoms. The molecule has 3 aliphatic heterocycles. The third kappa shape index (κ3) is 2.29. The second kappa shape index (κ2) is 6.04. The Kier molecular flexibility index (Phi) is 3.71. The van der Waals surface area contributed by atoms with E-state index in [1.54, 1.807) is 35.2 Å². The SMILES string of the molecule is Cn1cccc(C(=O)N2CC[C@@]34O[C@@H](c5ccccc5)CN3C(=O)C[C@@H]24)c1=O. The summed E-state index contributed by atoms with van der Waals surface area (Å²) in [4.78, 5) is 41.7. The molecule has 3 aliphatic rings. The lowest BCUT2D eigenvalue weighted by Crippen LogP contribution is -2.49. The maximum atomic E-state index is 13.1. The standard InChI is InChI=1S/C21H21N3O4/c1-22-10-5-8-15(19(22)26)20(27)23-11-9-21-17(23)12-18(25)24(21)13-16(28-21)14-6-3-2-4-7-14/h2-8,10,16-17H,9,11-13H2,1H3/t16-,17-,21+/m1/s1. The number of hydrogen-bond donors (Lipinski definition) is 0. The third-order valence-corrected chi connectivity index (χ3v) is 6.21. The smallest absolute Gasteiger partial charge is 0.263 e. The Morgan fingerprint density at radius 2 is 1.93 bits per heavy atom. The number of nitrogens with zero attached hydrogens (tertiary/aromatic N) is 3. The zero-order valence-electron chi connectivity index (χ0n) is 15.6. The van der Waals surface area contributed by atoms with E-state index in [9.17, 15) is 14.4 Å². The molecule has 2 amide bonds. The van der Waals surface area contributed by atoms with E-state index in [0.717, 1.165) is 5.56 Å². The molecule has 3 atom stereocenters. The van der Waals surface area contributed by atoms with Crippen LogP contribution in [-0.4, -0.2) is 51.0 Å². The fourth-order valence-electron chi connectivity index (χ4n) is 4.82. The van der Waals surface area contributed by atoms with Crippen molar-refractivity contribution in [3.63, 3.8) is 0 Å². The molecular formula is C21H21N3O4. The molecule has 0 N–H and O–H groups in total. The number of carbonyl (C=O) groups excluding carboxylic acids is 2. The highest BCUT2D eigenvalue weighted by Crippen LogP contribution is 2.50. The fraction of sp³-hybridized carbons (Fsp3) is 0.381. The lowest BCUT2D eigenvalue weighted by Gasteiger charge is -2.31. The van der Waals surface area contributed by atoms with Crippen LogP contribution in [0.4, 0.5) is 0 Å². The number of aromatic nitrogens is 1. The molecule has 1 aromatic carbocycles. The van der Waals surface area contributed by atoms with Gasteiger partial charge in [0.15, 0.2) is 5.72 Å². The van der Waals surface area contributed by atoms with E-state index in [1.807, 2.05) is 30.3 Å². The predicted octanol–water partition coefficient (Wildman–Crippen LogP) is 1.30. The Labute approximate surface area is 162 Å². The van der Waals surface area contributed by atoms with Crippen LogP contribution in [0.25, 0.3) is 0 Å². The van der Waals surface area contributed by atoms with Crippen LogP contribution in [0, 0.1) is 0 Å². The van der Waals surface area contributed by atoms with Crippen molar-refractivity contribution in [1.29, 1.82) is 0 Å². The average molecular weight is 379 g/mol. The van der Waals surface area contributed by atoms with Gasteiger partial charge in [0, 0.05) is 26.2 Å². The summed E-state index contributed by atoms with van der Waals surface area (Å²) in [7, 11) is 1.62. The lowest BCUT2D eigenvalue weighted by molar-refractivity contribution is -0.138. The molecule has 3 saturated heterocycles. The summed E-state index contributed by atoms with van der Waals surface area (Å²) in [6.07, 6.45) is 2.22. The highest BCUT2D eigenvalue weighted by molar-refractivity contribution is 5.95. The summed E-state index contributed by atoms with van der Waals surface area (Å²) in [5, 5.41) is 0. The van der Waals surface area contributed by atoms with Gasteiger partial charge < -0.3 is 19.1 Å². The largest absolute Gasteiger partial charge is 0.343 e. The summed E-state index contributed by atoms with van der Waals surface area (Å²) in [5.41, 5.74) is 0.0435. The van der Waals surface area contributed by atoms with Gasteiger partial charge in [0.05, 0.1) is 19.0 Å². The van der Waals surface area contributed by atoms with Gasteiger partial charge in [-0.15, -0.1) is 0 Å². The molecule has 5 rings (SSSR count). The van der Waals surface area contributed by atoms with E-state index in [0.29, 0.717) is 19.5 Å². The highest BCUT2D eigenvalue weighted by atomic mass is 16.5. The first-order valence-corrected chi connectivity index (χ1v) is 9.51. The maximum absolute atomic E-state index is 13.1. The second-order valence-electron chi connectivity index (χ2n) is 7.67. The van der Waals surface area contributed by atoms with Crippen LogP contribution in [0.5, 0.6) is 0 Å². The molecule has 2 aromatic rings. The van der Waals surface area contributed by atoms with Gasteiger partial charge in [-0.25, -0.2) is 0 Å². The minimum Gasteiger partial charge on any atom is -0.343 e. The molecule has 0 saturated carbocycles. The van der Waals surface area contributed by atoms with Gasteiger partial charge in [-0.05, 0) is 17.7 Å². The Bertz CT molecular complexity index is 1020. The number of aryl methyl sites for hydroxylation is 1. The summed E-state index contributed by atoms with van der Waals surface area (Å²) in [5.74, 6) is -0.327. The first kappa shape index (κ1) is 17.2. The van der Waals surface area contributed by atoms with E-state index in [-0.39, 0.29) is 41.5 Å². The van der Waals surface area contributed by atoms with Crippen molar-refractivity contribution in [3.8, 4) is 0 Å². The van der Waals surface area contributed by atoms with Crippen molar-refractivity contribution in [2.45, 2.75) is 30.7 Å². The number of likely N-dealkylation sites (tertiary alicyclic amines) is 1. The van der Waals surface area contributed by atoms with Crippen LogP contribution >= 0.6 is 0 Å². The van der Waals surface area contributed by atoms with E-state index in [4.69, 9.17) is 4.74 Å². The van der Waals surface area contributed by atoms with E-state index in [2.05, 4.69) is 0 Å². The van der Waals surface area contributed by atoms with Crippen LogP contribution in [-0.2, 0) is 16.6 Å². The van der Waals surface area contributed by atoms with Crippen LogP contribution in [0.15, 0.2) is 53.5 Å². The Morgan fingerprint density at radius 1 is 1.14 bits per heavy atom. The van der Waals surface area contributed by atoms with Crippen molar-refractivity contribution in [1.82, 2.24) is 14.4 Å². The molecule has 4 heterocycles. The monoisotopic (exact) mass is 379 g/mol. The van der Waals surface area contributed by atoms with Crippen LogP contribution in [0.3, 0.4) is 0 Å². The van der Waals surface area contributed by atoms with Crippen LogP contribution in [0.2, 0.25) is 0 Å². The van der Waals surface area contributed by atoms with Crippen molar-refractivity contribution in [2.24, 2.45) is 7.05 Å². The summed E-state index contributed by atoms with van der Waals surface area (Å²) in [6, 6.07) is 12.7. The lowest BCUT2D eigenvalue weighted by atomic mass is 10.1. The van der Waals surface area contributed by atoms with Crippen molar-refractivity contribution < 1.29 is 14.3 Å². The molecule has 1 spiro atoms. The number of carbonyl (C=O) groups is 2. The minimum absolute atomic E-state index is 0.00175. The average Bonchev–Trinajstić information content (AvgIpc) is 3.33. The van der Waals surface area contributed by atoms with Gasteiger partial charge >= 0.3 is 0 Å². The minimum atomic E-state index is -0.784. The van der Waals surface area contributed by atoms with Gasteiger partial charge in [-0.3, -0.25) is 14.4 Å². The van der Waals surface area contributed by atoms with Gasteiger partial charge in [-0.1, -0.05) is 30.3 Å². The maximum Gasteiger partial charge on any atom is 0.263 e. The molecule has 1 aromatic heterocycles. The number of rotatable bonds is 2. The van der Waals surface area contributed by atoms with Gasteiger partial charge in [-0.2, -0.15) is 0 Å². The normalized spacial score (nSPS) is 28.5. The number of amides is 2. The van der Waals surface area contributed by atoms with Crippen molar-refractivity contribution in [3.05, 3.63) is 70.1 Å². The first-order chi connectivity index (χ1) is 13.5. The molecule has 7 heteroatoms. The van der Waals surface area contributed by atoms with Crippen LogP contribution in [0.1, 0.15) is 34.9 Å². The Morgan fingerprint density at radius 3 is 2.71 bits per heavy atom. The van der Waals surface area contributed by atoms with Crippen LogP contribution < -0.4 is 5.56 Å². The molecule has 28 heavy (non-hydrogen) atoms. The van der Waals surface area contributed by atoms with Gasteiger partial charge in [0.2, 0.25) is 5.91 Å². The molecule has 0 unspecified atom stereocenters. The predicted molar refractivity (Wildman–Crippen MR) is 100 cm³/mol. The molecule has 7 nitrogen and oxygen atoms in total. The second-order valence-corrected chi connectivity index (χ2v) is 7.67. The van der Waals surface area contributed by atoms with E-state index < -0.39 is 5.72 Å². The molecule has 0 aliphatic carbocycles. The third-order valence-electron chi connectivity index (χ3n) is 6.21.